The highest BCUT2D eigenvalue weighted by atomic mass is 35.5. The lowest BCUT2D eigenvalue weighted by molar-refractivity contribution is 0.221. The van der Waals surface area contributed by atoms with Gasteiger partial charge in [0.25, 0.3) is 0 Å². The van der Waals surface area contributed by atoms with Gasteiger partial charge in [-0.15, -0.1) is 0 Å². The standard InChI is InChI=1S/C16H23ClN2O3/c1-22-15-7-3-5-13(17)12(15)10-18-16(21)19-14-6-2-4-11(14)8-9-20/h3,5,7,11,14,20H,2,4,6,8-10H2,1H3,(H2,18,19,21)/t11-,14+/m1/s1. The maximum Gasteiger partial charge on any atom is 0.315 e. The third-order valence-corrected chi connectivity index (χ3v) is 4.55. The molecule has 22 heavy (non-hydrogen) atoms. The van der Waals surface area contributed by atoms with Crippen LogP contribution in [0.25, 0.3) is 0 Å². The number of ether oxygens (including phenoxy) is 1. The van der Waals surface area contributed by atoms with Gasteiger partial charge in [0.15, 0.2) is 0 Å². The Morgan fingerprint density at radius 2 is 2.27 bits per heavy atom. The number of rotatable bonds is 6. The third kappa shape index (κ3) is 4.27. The average Bonchev–Trinajstić information content (AvgIpc) is 2.93. The fraction of sp³-hybridized carbons (Fsp3) is 0.562. The lowest BCUT2D eigenvalue weighted by atomic mass is 10.0. The van der Waals surface area contributed by atoms with Gasteiger partial charge in [-0.1, -0.05) is 24.1 Å². The summed E-state index contributed by atoms with van der Waals surface area (Å²) >= 11 is 6.15. The second kappa shape index (κ2) is 8.25. The smallest absolute Gasteiger partial charge is 0.315 e. The summed E-state index contributed by atoms with van der Waals surface area (Å²) in [4.78, 5) is 12.1. The molecule has 0 aliphatic heterocycles. The molecular weight excluding hydrogens is 304 g/mol. The molecule has 5 nitrogen and oxygen atoms in total. The third-order valence-electron chi connectivity index (χ3n) is 4.20. The molecule has 0 bridgehead atoms. The number of nitrogens with one attached hydrogen (secondary N) is 2. The Bertz CT molecular complexity index is 510. The van der Waals surface area contributed by atoms with E-state index in [0.717, 1.165) is 31.2 Å². The van der Waals surface area contributed by atoms with Gasteiger partial charge in [-0.25, -0.2) is 4.79 Å². The van der Waals surface area contributed by atoms with Crippen molar-refractivity contribution in [3.05, 3.63) is 28.8 Å². The van der Waals surface area contributed by atoms with Crippen molar-refractivity contribution in [2.24, 2.45) is 5.92 Å². The Morgan fingerprint density at radius 1 is 1.45 bits per heavy atom. The van der Waals surface area contributed by atoms with Gasteiger partial charge < -0.3 is 20.5 Å². The minimum Gasteiger partial charge on any atom is -0.496 e. The molecule has 2 amide bonds. The minimum absolute atomic E-state index is 0.139. The Kier molecular flexibility index (Phi) is 6.34. The van der Waals surface area contributed by atoms with Crippen molar-refractivity contribution in [2.75, 3.05) is 13.7 Å². The molecule has 0 unspecified atom stereocenters. The van der Waals surface area contributed by atoms with Crippen LogP contribution in [0.15, 0.2) is 18.2 Å². The molecule has 2 atom stereocenters. The van der Waals surface area contributed by atoms with Gasteiger partial charge in [-0.2, -0.15) is 0 Å². The lowest BCUT2D eigenvalue weighted by Gasteiger charge is -2.20. The van der Waals surface area contributed by atoms with E-state index in [4.69, 9.17) is 21.4 Å². The highest BCUT2D eigenvalue weighted by Crippen LogP contribution is 2.28. The fourth-order valence-corrected chi connectivity index (χ4v) is 3.26. The summed E-state index contributed by atoms with van der Waals surface area (Å²) in [7, 11) is 1.58. The molecule has 1 aromatic rings. The molecule has 2 rings (SSSR count). The summed E-state index contributed by atoms with van der Waals surface area (Å²) < 4.78 is 5.26. The molecule has 0 saturated heterocycles. The molecule has 0 radical (unpaired) electrons. The van der Waals surface area contributed by atoms with Crippen molar-refractivity contribution in [3.63, 3.8) is 0 Å². The van der Waals surface area contributed by atoms with Crippen LogP contribution in [0.3, 0.4) is 0 Å². The Hall–Kier alpha value is -1.46. The molecule has 1 aliphatic carbocycles. The first-order valence-electron chi connectivity index (χ1n) is 7.62. The zero-order valence-electron chi connectivity index (χ0n) is 12.8. The van der Waals surface area contributed by atoms with Crippen molar-refractivity contribution in [1.82, 2.24) is 10.6 Å². The molecule has 6 heteroatoms. The number of hydrogen-bond donors (Lipinski definition) is 3. The van der Waals surface area contributed by atoms with E-state index in [2.05, 4.69) is 10.6 Å². The molecule has 1 aliphatic rings. The van der Waals surface area contributed by atoms with Gasteiger partial charge in [0.1, 0.15) is 5.75 Å². The maximum absolute atomic E-state index is 12.1. The first-order chi connectivity index (χ1) is 10.7. The molecule has 0 heterocycles. The molecule has 0 aromatic heterocycles. The van der Waals surface area contributed by atoms with Gasteiger partial charge >= 0.3 is 6.03 Å². The summed E-state index contributed by atoms with van der Waals surface area (Å²) in [6.07, 6.45) is 3.86. The van der Waals surface area contributed by atoms with Crippen molar-refractivity contribution < 1.29 is 14.6 Å². The average molecular weight is 327 g/mol. The minimum atomic E-state index is -0.211. The van der Waals surface area contributed by atoms with Gasteiger partial charge in [-0.05, 0) is 37.3 Å². The Labute approximate surface area is 136 Å². The zero-order chi connectivity index (χ0) is 15.9. The summed E-state index contributed by atoms with van der Waals surface area (Å²) in [5, 5.41) is 15.5. The SMILES string of the molecule is COc1cccc(Cl)c1CNC(=O)N[C@H]1CCC[C@@H]1CCO. The number of halogens is 1. The topological polar surface area (TPSA) is 70.6 Å². The van der Waals surface area contributed by atoms with Crippen molar-refractivity contribution >= 4 is 17.6 Å². The van der Waals surface area contributed by atoms with E-state index >= 15 is 0 Å². The number of carbonyl (C=O) groups is 1. The van der Waals surface area contributed by atoms with Crippen LogP contribution in [0.4, 0.5) is 4.79 Å². The zero-order valence-corrected chi connectivity index (χ0v) is 13.5. The Morgan fingerprint density at radius 3 is 3.00 bits per heavy atom. The first kappa shape index (κ1) is 16.9. The predicted molar refractivity (Wildman–Crippen MR) is 86.2 cm³/mol. The predicted octanol–water partition coefficient (Wildman–Crippen LogP) is 2.70. The summed E-state index contributed by atoms with van der Waals surface area (Å²) in [6, 6.07) is 5.32. The van der Waals surface area contributed by atoms with Gasteiger partial charge in [0, 0.05) is 29.8 Å². The number of aliphatic hydroxyl groups excluding tert-OH is 1. The van der Waals surface area contributed by atoms with Crippen LogP contribution in [0.2, 0.25) is 5.02 Å². The van der Waals surface area contributed by atoms with Crippen LogP contribution in [0.5, 0.6) is 5.75 Å². The largest absolute Gasteiger partial charge is 0.496 e. The van der Waals surface area contributed by atoms with Crippen LogP contribution >= 0.6 is 11.6 Å². The highest BCUT2D eigenvalue weighted by molar-refractivity contribution is 6.31. The summed E-state index contributed by atoms with van der Waals surface area (Å²) in [5.74, 6) is 1.03. The van der Waals surface area contributed by atoms with Crippen LogP contribution in [0.1, 0.15) is 31.2 Å². The molecule has 0 spiro atoms. The van der Waals surface area contributed by atoms with Gasteiger partial charge in [0.05, 0.1) is 7.11 Å². The number of amides is 2. The maximum atomic E-state index is 12.1. The number of benzene rings is 1. The molecular formula is C16H23ClN2O3. The van der Waals surface area contributed by atoms with Crippen LogP contribution in [0, 0.1) is 5.92 Å². The summed E-state index contributed by atoms with van der Waals surface area (Å²) in [5.41, 5.74) is 0.764. The highest BCUT2D eigenvalue weighted by Gasteiger charge is 2.27. The molecule has 1 aromatic carbocycles. The normalized spacial score (nSPS) is 20.7. The van der Waals surface area contributed by atoms with E-state index in [0.29, 0.717) is 23.2 Å². The molecule has 122 valence electrons. The number of methoxy groups -OCH3 is 1. The van der Waals surface area contributed by atoms with Crippen molar-refractivity contribution in [3.8, 4) is 5.75 Å². The molecule has 1 fully saturated rings. The van der Waals surface area contributed by atoms with Crippen molar-refractivity contribution in [1.29, 1.82) is 0 Å². The van der Waals surface area contributed by atoms with E-state index in [9.17, 15) is 4.79 Å². The quantitative estimate of drug-likeness (QED) is 0.752. The molecule has 3 N–H and O–H groups in total. The molecule has 1 saturated carbocycles. The first-order valence-corrected chi connectivity index (χ1v) is 8.00. The van der Waals surface area contributed by atoms with Crippen LogP contribution < -0.4 is 15.4 Å². The number of carbonyl (C=O) groups excluding carboxylic acids is 1. The van der Waals surface area contributed by atoms with E-state index in [1.165, 1.54) is 0 Å². The van der Waals surface area contributed by atoms with E-state index in [1.807, 2.05) is 12.1 Å². The van der Waals surface area contributed by atoms with Crippen LogP contribution in [-0.4, -0.2) is 30.9 Å². The van der Waals surface area contributed by atoms with E-state index < -0.39 is 0 Å². The van der Waals surface area contributed by atoms with E-state index in [-0.39, 0.29) is 18.7 Å². The van der Waals surface area contributed by atoms with Gasteiger partial charge in [0.2, 0.25) is 0 Å². The monoisotopic (exact) mass is 326 g/mol. The van der Waals surface area contributed by atoms with Gasteiger partial charge in [-0.3, -0.25) is 0 Å². The number of urea groups is 1. The van der Waals surface area contributed by atoms with Crippen molar-refractivity contribution in [2.45, 2.75) is 38.3 Å². The van der Waals surface area contributed by atoms with Crippen LogP contribution in [-0.2, 0) is 6.54 Å². The lowest BCUT2D eigenvalue weighted by Crippen LogP contribution is -2.43. The van der Waals surface area contributed by atoms with E-state index in [1.54, 1.807) is 13.2 Å². The Balaban J connectivity index is 1.88. The summed E-state index contributed by atoms with van der Waals surface area (Å²) in [6.45, 7) is 0.480. The number of hydrogen-bond acceptors (Lipinski definition) is 3. The second-order valence-corrected chi connectivity index (χ2v) is 5.96. The fourth-order valence-electron chi connectivity index (χ4n) is 3.03. The number of aliphatic hydroxyl groups is 1. The second-order valence-electron chi connectivity index (χ2n) is 5.56.